The molecule has 4 aliphatic rings. The molecule has 4 amide bonds. The third kappa shape index (κ3) is 20.1. The quantitative estimate of drug-likeness (QED) is 0.0238. The summed E-state index contributed by atoms with van der Waals surface area (Å²) in [6, 6.07) is 30.8. The number of nitrogens with zero attached hydrogens (tertiary/aromatic N) is 6. The van der Waals surface area contributed by atoms with Crippen molar-refractivity contribution in [2.75, 3.05) is 108 Å². The van der Waals surface area contributed by atoms with Gasteiger partial charge in [0.25, 0.3) is 25.8 Å². The summed E-state index contributed by atoms with van der Waals surface area (Å²) in [7, 11) is -11.1. The van der Waals surface area contributed by atoms with Gasteiger partial charge in [0.2, 0.25) is 17.7 Å². The Kier molecular flexibility index (Phi) is 25.5. The number of hydrogen-bond acceptors (Lipinski definition) is 18. The van der Waals surface area contributed by atoms with Gasteiger partial charge in [0.05, 0.1) is 45.4 Å². The predicted molar refractivity (Wildman–Crippen MR) is 395 cm³/mol. The molecule has 3 fully saturated rings. The van der Waals surface area contributed by atoms with E-state index in [0.717, 1.165) is 83.3 Å². The van der Waals surface area contributed by atoms with Crippen LogP contribution in [0.1, 0.15) is 107 Å². The first kappa shape index (κ1) is 77.7. The zero-order valence-corrected chi connectivity index (χ0v) is 62.6. The zero-order valence-electron chi connectivity index (χ0n) is 58.6. The maximum Gasteiger partial charge on any atom is 0.501 e. The van der Waals surface area contributed by atoms with Gasteiger partial charge in [0.1, 0.15) is 23.6 Å². The SMILES string of the molecule is Cc1ncsc1-c1ccc([C@H](C)NC(=O)[C@@H]2C[C@@H](O)CN2C(=O)[C@@H](NC(=O)COCCN2CCN(CC[C@H](CSc3ccccc3)Nc3ccc(S(=O)(=O)NC(=O)c4ccc(N5CCN(CC6=C(c7ccc(Cl)cc7)CCC(C)(C)C6)CC5)cc4)cc3S(=O)(=O)C(F)(F)F)CC2)C(C)(C)C)cc1. The summed E-state index contributed by atoms with van der Waals surface area (Å²) in [5.41, 5.74) is 2.51. The number of aryl methyl sites for hydroxylation is 1. The summed E-state index contributed by atoms with van der Waals surface area (Å²) in [5, 5.41) is 20.3. The summed E-state index contributed by atoms with van der Waals surface area (Å²) in [6.07, 6.45) is 2.52. The number of allylic oxidation sites excluding steroid dienone is 1. The van der Waals surface area contributed by atoms with Gasteiger partial charge in [-0.2, -0.15) is 13.2 Å². The molecule has 0 spiro atoms. The normalized spacial score (nSPS) is 19.1. The molecule has 550 valence electrons. The van der Waals surface area contributed by atoms with E-state index < -0.39 is 100 Å². The molecule has 102 heavy (non-hydrogen) atoms. The molecule has 0 bridgehead atoms. The lowest BCUT2D eigenvalue weighted by Gasteiger charge is -2.39. The number of sulfonamides is 1. The number of hydrogen-bond donors (Lipinski definition) is 5. The highest BCUT2D eigenvalue weighted by molar-refractivity contribution is 7.99. The molecule has 3 saturated heterocycles. The Balaban J connectivity index is 0.704. The Labute approximate surface area is 610 Å². The number of amides is 4. The molecule has 1 aromatic heterocycles. The van der Waals surface area contributed by atoms with E-state index in [1.165, 1.54) is 45.5 Å². The van der Waals surface area contributed by atoms with Crippen molar-refractivity contribution in [3.63, 3.8) is 0 Å². The van der Waals surface area contributed by atoms with Crippen LogP contribution in [-0.4, -0.2) is 197 Å². The number of β-amino-alcohol motifs (C(OH)–C–C–N with tert-alkyl or cyclic N) is 1. The lowest BCUT2D eigenvalue weighted by Crippen LogP contribution is -2.58. The van der Waals surface area contributed by atoms with E-state index in [2.05, 4.69) is 66.5 Å². The lowest BCUT2D eigenvalue weighted by atomic mass is 9.73. The molecular formula is C74H92ClF3N10O10S4. The second kappa shape index (κ2) is 33.5. The summed E-state index contributed by atoms with van der Waals surface area (Å²) >= 11 is 9.18. The number of likely N-dealkylation sites (tertiary alicyclic amines) is 1. The van der Waals surface area contributed by atoms with E-state index in [4.69, 9.17) is 16.3 Å². The van der Waals surface area contributed by atoms with Gasteiger partial charge in [-0.3, -0.25) is 29.0 Å². The number of anilines is 2. The number of sulfone groups is 1. The van der Waals surface area contributed by atoms with Crippen LogP contribution in [0.3, 0.4) is 0 Å². The highest BCUT2D eigenvalue weighted by Crippen LogP contribution is 2.44. The van der Waals surface area contributed by atoms with Crippen LogP contribution in [0.2, 0.25) is 5.02 Å². The molecule has 20 nitrogen and oxygen atoms in total. The number of piperazine rings is 2. The van der Waals surface area contributed by atoms with Crippen molar-refractivity contribution in [3.8, 4) is 10.4 Å². The fraction of sp³-hybridized carbons (Fsp3) is 0.473. The van der Waals surface area contributed by atoms with E-state index in [9.17, 15) is 54.3 Å². The average molecular weight is 1500 g/mol. The standard InChI is InChI=1S/C74H92ClF3N10O10S4/c1-49(51-13-15-53(16-14-51)67-50(2)79-48-100-67)80-70(92)64-41-59(89)45-88(64)71(93)68(72(3,4)5)82-66(90)46-98-40-39-85-33-31-84(32-34-85)30-28-57(47-99-60-11-9-8-10-12-60)81-63-26-25-61(42-65(63)101(94,95)74(76,77)78)102(96,97)83-69(91)54-19-23-58(24-20-54)87-37-35-86(36-38-87)44-55-43-73(6,7)29-27-62(55)52-17-21-56(75)22-18-52/h8-26,42,48-49,57,59,64,68,81,89H,27-41,43-47H2,1-7H3,(H,80,92)(H,82,90)(H,83,91)/t49-,57+,59+,64-,68+/m0/s1. The Morgan fingerprint density at radius 2 is 1.46 bits per heavy atom. The third-order valence-electron chi connectivity index (χ3n) is 19.4. The van der Waals surface area contributed by atoms with Gasteiger partial charge in [0.15, 0.2) is 0 Å². The van der Waals surface area contributed by atoms with Crippen LogP contribution in [0.25, 0.3) is 16.0 Å². The molecule has 1 aliphatic carbocycles. The van der Waals surface area contributed by atoms with Crippen molar-refractivity contribution in [2.45, 2.75) is 131 Å². The van der Waals surface area contributed by atoms with E-state index in [0.29, 0.717) is 69.9 Å². The van der Waals surface area contributed by atoms with Crippen LogP contribution < -0.4 is 25.6 Å². The number of ether oxygens (including phenoxy) is 1. The van der Waals surface area contributed by atoms with Crippen molar-refractivity contribution in [2.24, 2.45) is 10.8 Å². The number of thiazole rings is 1. The first-order valence-corrected chi connectivity index (χ1v) is 39.6. The largest absolute Gasteiger partial charge is 0.501 e. The first-order valence-electron chi connectivity index (χ1n) is 34.4. The summed E-state index contributed by atoms with van der Waals surface area (Å²) in [5.74, 6) is -2.23. The number of aliphatic hydroxyl groups is 1. The Bertz CT molecular complexity index is 4170. The highest BCUT2D eigenvalue weighted by Gasteiger charge is 2.49. The number of halogens is 4. The Morgan fingerprint density at radius 3 is 2.10 bits per heavy atom. The first-order chi connectivity index (χ1) is 48.3. The monoisotopic (exact) mass is 1500 g/mol. The van der Waals surface area contributed by atoms with Gasteiger partial charge < -0.3 is 40.5 Å². The van der Waals surface area contributed by atoms with Crippen molar-refractivity contribution in [1.29, 1.82) is 0 Å². The number of aliphatic hydroxyl groups excluding tert-OH is 1. The van der Waals surface area contributed by atoms with E-state index >= 15 is 0 Å². The molecule has 10 rings (SSSR count). The fourth-order valence-electron chi connectivity index (χ4n) is 13.5. The number of nitrogens with one attached hydrogen (secondary N) is 4. The third-order valence-corrected chi connectivity index (χ3v) is 24.6. The van der Waals surface area contributed by atoms with E-state index in [1.807, 2.05) is 85.3 Å². The maximum atomic E-state index is 14.6. The highest BCUT2D eigenvalue weighted by atomic mass is 35.5. The number of carbonyl (C=O) groups excluding carboxylic acids is 4. The molecule has 5 aromatic carbocycles. The Hall–Kier alpha value is -6.92. The van der Waals surface area contributed by atoms with Crippen LogP contribution >= 0.6 is 34.7 Å². The number of alkyl halides is 3. The molecule has 3 aliphatic heterocycles. The molecular weight excluding hydrogens is 1410 g/mol. The molecule has 5 atom stereocenters. The number of benzene rings is 5. The molecule has 0 unspecified atom stereocenters. The summed E-state index contributed by atoms with van der Waals surface area (Å²) in [6.45, 7) is 20.8. The molecule has 28 heteroatoms. The summed E-state index contributed by atoms with van der Waals surface area (Å²) < 4.78 is 106. The van der Waals surface area contributed by atoms with Crippen LogP contribution in [-0.2, 0) is 39.0 Å². The van der Waals surface area contributed by atoms with Gasteiger partial charge in [-0.1, -0.05) is 106 Å². The lowest BCUT2D eigenvalue weighted by molar-refractivity contribution is -0.144. The van der Waals surface area contributed by atoms with Gasteiger partial charge in [-0.05, 0) is 139 Å². The number of rotatable bonds is 27. The zero-order chi connectivity index (χ0) is 73.3. The predicted octanol–water partition coefficient (Wildman–Crippen LogP) is 10.9. The summed E-state index contributed by atoms with van der Waals surface area (Å²) in [4.78, 5) is 69.6. The van der Waals surface area contributed by atoms with Crippen molar-refractivity contribution < 1.29 is 59.0 Å². The molecule has 5 N–H and O–H groups in total. The van der Waals surface area contributed by atoms with E-state index in [-0.39, 0.29) is 42.9 Å². The second-order valence-corrected chi connectivity index (χ2v) is 34.6. The van der Waals surface area contributed by atoms with Gasteiger partial charge in [-0.25, -0.2) is 26.5 Å². The Morgan fingerprint density at radius 1 is 0.814 bits per heavy atom. The van der Waals surface area contributed by atoms with Crippen molar-refractivity contribution in [1.82, 2.24) is 39.9 Å². The fourth-order valence-corrected chi connectivity index (χ4v) is 17.4. The van der Waals surface area contributed by atoms with Crippen LogP contribution in [0, 0.1) is 17.8 Å². The van der Waals surface area contributed by atoms with E-state index in [1.54, 1.807) is 49.8 Å². The average Bonchev–Trinajstić information content (AvgIpc) is 0.935. The molecule has 4 heterocycles. The number of thioether (sulfide) groups is 1. The van der Waals surface area contributed by atoms with Crippen LogP contribution in [0.5, 0.6) is 0 Å². The van der Waals surface area contributed by atoms with Crippen molar-refractivity contribution in [3.05, 3.63) is 160 Å². The topological polar surface area (TPSA) is 243 Å². The second-order valence-electron chi connectivity index (χ2n) is 28.7. The van der Waals surface area contributed by atoms with Crippen LogP contribution in [0.15, 0.2) is 147 Å². The molecule has 0 saturated carbocycles. The van der Waals surface area contributed by atoms with Gasteiger partial charge >= 0.3 is 5.51 Å². The smallest absolute Gasteiger partial charge is 0.391 e. The maximum absolute atomic E-state index is 14.6. The molecule has 6 aromatic rings. The minimum atomic E-state index is -6.17. The molecule has 0 radical (unpaired) electrons. The van der Waals surface area contributed by atoms with Gasteiger partial charge in [-0.15, -0.1) is 23.1 Å². The number of aromatic nitrogens is 1. The minimum Gasteiger partial charge on any atom is -0.391 e. The number of carbonyl (C=O) groups is 4. The van der Waals surface area contributed by atoms with Crippen LogP contribution in [0.4, 0.5) is 24.5 Å². The van der Waals surface area contributed by atoms with Crippen molar-refractivity contribution >= 4 is 95.1 Å². The van der Waals surface area contributed by atoms with Gasteiger partial charge in [0, 0.05) is 118 Å². The minimum absolute atomic E-state index is 0.0359.